The van der Waals surface area contributed by atoms with Gasteiger partial charge in [0, 0.05) is 4.43 Å². The number of halogens is 1. The lowest BCUT2D eigenvalue weighted by Crippen LogP contribution is -2.27. The summed E-state index contributed by atoms with van der Waals surface area (Å²) in [6.45, 7) is 18.0. The van der Waals surface area contributed by atoms with Crippen LogP contribution in [0, 0.1) is 0 Å². The van der Waals surface area contributed by atoms with E-state index in [1.54, 1.807) is 0 Å². The number of rotatable bonds is 40. The van der Waals surface area contributed by atoms with Crippen molar-refractivity contribution in [2.75, 3.05) is 176 Å². The van der Waals surface area contributed by atoms with Gasteiger partial charge in [-0.15, -0.1) is 0 Å². The minimum atomic E-state index is -0.512. The molecule has 0 rings (SSSR count). The molecule has 0 saturated heterocycles. The molecule has 0 aliphatic heterocycles. The van der Waals surface area contributed by atoms with Gasteiger partial charge in [0.05, 0.1) is 165 Å². The summed E-state index contributed by atoms with van der Waals surface area (Å²) in [6.07, 6.45) is 0. The molecule has 0 atom stereocenters. The second-order valence-electron chi connectivity index (χ2n) is 10.7. The third-order valence-corrected chi connectivity index (χ3v) is 5.77. The first-order chi connectivity index (χ1) is 23.5. The standard InChI is InChI=1S/C32H63IO15/c1-32(2,3)48-31(34)30-47-29-28-46-27-26-45-25-24-44-23-22-43-21-20-42-19-18-41-17-16-40-15-14-39-13-12-38-11-10-37-9-8-36-7-6-35-5-4-33/h4-30H2,1-3H3. The van der Waals surface area contributed by atoms with E-state index in [9.17, 15) is 4.79 Å². The SMILES string of the molecule is CC(C)(C)OC(=O)COCCOCCOCCOCCOCCOCCOCCOCCOCCOCCOCCOCCOCCI. The Hall–Kier alpha value is -0.320. The van der Waals surface area contributed by atoms with Crippen molar-refractivity contribution in [3.8, 4) is 0 Å². The molecule has 0 aromatic rings. The Balaban J connectivity index is 3.09. The summed E-state index contributed by atoms with van der Waals surface area (Å²) in [5.74, 6) is -0.387. The van der Waals surface area contributed by atoms with E-state index >= 15 is 0 Å². The van der Waals surface area contributed by atoms with Crippen molar-refractivity contribution in [3.63, 3.8) is 0 Å². The third-order valence-electron chi connectivity index (χ3n) is 5.33. The van der Waals surface area contributed by atoms with Crippen LogP contribution in [0.1, 0.15) is 20.8 Å². The van der Waals surface area contributed by atoms with Crippen LogP contribution in [-0.4, -0.2) is 188 Å². The van der Waals surface area contributed by atoms with Gasteiger partial charge in [0.25, 0.3) is 0 Å². The summed E-state index contributed by atoms with van der Waals surface area (Å²) in [5.41, 5.74) is -0.512. The van der Waals surface area contributed by atoms with Crippen molar-refractivity contribution in [1.29, 1.82) is 0 Å². The Labute approximate surface area is 301 Å². The van der Waals surface area contributed by atoms with Gasteiger partial charge in [-0.1, -0.05) is 22.6 Å². The fraction of sp³-hybridized carbons (Fsp3) is 0.969. The van der Waals surface area contributed by atoms with E-state index in [-0.39, 0.29) is 12.6 Å². The summed E-state index contributed by atoms with van der Waals surface area (Å²) in [5, 5.41) is 0. The molecule has 0 aliphatic rings. The zero-order valence-corrected chi connectivity index (χ0v) is 31.8. The van der Waals surface area contributed by atoms with Gasteiger partial charge in [0.15, 0.2) is 0 Å². The van der Waals surface area contributed by atoms with E-state index in [1.807, 2.05) is 20.8 Å². The molecule has 0 aliphatic carbocycles. The van der Waals surface area contributed by atoms with Crippen molar-refractivity contribution >= 4 is 28.6 Å². The van der Waals surface area contributed by atoms with Gasteiger partial charge in [-0.2, -0.15) is 0 Å². The summed E-state index contributed by atoms with van der Waals surface area (Å²) in [7, 11) is 0. The second-order valence-corrected chi connectivity index (χ2v) is 11.8. The van der Waals surface area contributed by atoms with E-state index in [2.05, 4.69) is 22.6 Å². The molecule has 0 amide bonds. The molecule has 0 radical (unpaired) electrons. The highest BCUT2D eigenvalue weighted by Crippen LogP contribution is 2.06. The van der Waals surface area contributed by atoms with Gasteiger partial charge in [-0.05, 0) is 20.8 Å². The highest BCUT2D eigenvalue weighted by atomic mass is 127. The van der Waals surface area contributed by atoms with Gasteiger partial charge >= 0.3 is 5.97 Å². The lowest BCUT2D eigenvalue weighted by molar-refractivity contribution is -0.160. The average molecular weight is 815 g/mol. The maximum absolute atomic E-state index is 11.5. The molecule has 0 bridgehead atoms. The summed E-state index contributed by atoms with van der Waals surface area (Å²) >= 11 is 2.28. The summed E-state index contributed by atoms with van der Waals surface area (Å²) in [6, 6.07) is 0. The van der Waals surface area contributed by atoms with Gasteiger partial charge in [-0.25, -0.2) is 4.79 Å². The van der Waals surface area contributed by atoms with E-state index in [0.717, 1.165) is 11.0 Å². The largest absolute Gasteiger partial charge is 0.458 e. The van der Waals surface area contributed by atoms with Gasteiger partial charge in [0.1, 0.15) is 12.2 Å². The number of ether oxygens (including phenoxy) is 14. The molecule has 288 valence electrons. The normalized spacial score (nSPS) is 11.8. The van der Waals surface area contributed by atoms with Crippen molar-refractivity contribution < 1.29 is 71.1 Å². The topological polar surface area (TPSA) is 146 Å². The fourth-order valence-electron chi connectivity index (χ4n) is 3.22. The van der Waals surface area contributed by atoms with Gasteiger partial charge in [-0.3, -0.25) is 0 Å². The molecule has 0 saturated carbocycles. The zero-order chi connectivity index (χ0) is 35.1. The Morgan fingerprint density at radius 3 is 0.729 bits per heavy atom. The van der Waals surface area contributed by atoms with E-state index in [0.29, 0.717) is 159 Å². The van der Waals surface area contributed by atoms with Crippen LogP contribution in [0.15, 0.2) is 0 Å². The third kappa shape index (κ3) is 43.7. The number of carbonyl (C=O) groups excluding carboxylic acids is 1. The number of hydrogen-bond donors (Lipinski definition) is 0. The minimum absolute atomic E-state index is 0.0837. The second kappa shape index (κ2) is 39.5. The average Bonchev–Trinajstić information content (AvgIpc) is 3.05. The Kier molecular flexibility index (Phi) is 39.2. The number of alkyl halides is 1. The molecule has 0 N–H and O–H groups in total. The summed E-state index contributed by atoms with van der Waals surface area (Å²) in [4.78, 5) is 11.5. The zero-order valence-electron chi connectivity index (χ0n) is 29.6. The highest BCUT2D eigenvalue weighted by Gasteiger charge is 2.15. The molecule has 15 nitrogen and oxygen atoms in total. The Morgan fingerprint density at radius 2 is 0.542 bits per heavy atom. The molecular weight excluding hydrogens is 751 g/mol. The molecule has 16 heteroatoms. The van der Waals surface area contributed by atoms with Crippen LogP contribution in [0.4, 0.5) is 0 Å². The predicted octanol–water partition coefficient (Wildman–Crippen LogP) is 1.98. The lowest BCUT2D eigenvalue weighted by Gasteiger charge is -2.19. The van der Waals surface area contributed by atoms with Crippen LogP contribution < -0.4 is 0 Å². The maximum atomic E-state index is 11.5. The van der Waals surface area contributed by atoms with Crippen molar-refractivity contribution in [1.82, 2.24) is 0 Å². The molecule has 0 unspecified atom stereocenters. The molecular formula is C32H63IO15. The van der Waals surface area contributed by atoms with Crippen LogP contribution in [-0.2, 0) is 71.1 Å². The van der Waals surface area contributed by atoms with Crippen LogP contribution >= 0.6 is 22.6 Å². The van der Waals surface area contributed by atoms with Crippen molar-refractivity contribution in [3.05, 3.63) is 0 Å². The highest BCUT2D eigenvalue weighted by molar-refractivity contribution is 14.1. The molecule has 0 fully saturated rings. The maximum Gasteiger partial charge on any atom is 0.332 e. The molecule has 0 aromatic carbocycles. The quantitative estimate of drug-likeness (QED) is 0.0385. The van der Waals surface area contributed by atoms with Gasteiger partial charge in [0.2, 0.25) is 0 Å². The number of carbonyl (C=O) groups is 1. The predicted molar refractivity (Wildman–Crippen MR) is 185 cm³/mol. The molecule has 48 heavy (non-hydrogen) atoms. The number of esters is 1. The first-order valence-electron chi connectivity index (χ1n) is 16.7. The van der Waals surface area contributed by atoms with E-state index in [1.165, 1.54) is 0 Å². The number of hydrogen-bond acceptors (Lipinski definition) is 15. The first-order valence-corrected chi connectivity index (χ1v) is 18.3. The first kappa shape index (κ1) is 47.7. The molecule has 0 aromatic heterocycles. The van der Waals surface area contributed by atoms with Crippen LogP contribution in [0.5, 0.6) is 0 Å². The smallest absolute Gasteiger partial charge is 0.332 e. The molecule has 0 spiro atoms. The minimum Gasteiger partial charge on any atom is -0.458 e. The lowest BCUT2D eigenvalue weighted by atomic mass is 10.2. The van der Waals surface area contributed by atoms with E-state index < -0.39 is 5.60 Å². The van der Waals surface area contributed by atoms with Crippen LogP contribution in [0.3, 0.4) is 0 Å². The Morgan fingerprint density at radius 1 is 0.354 bits per heavy atom. The monoisotopic (exact) mass is 814 g/mol. The Bertz CT molecular complexity index is 643. The summed E-state index contributed by atoms with van der Waals surface area (Å²) < 4.78 is 76.6. The fourth-order valence-corrected chi connectivity index (χ4v) is 3.53. The van der Waals surface area contributed by atoms with Crippen LogP contribution in [0.2, 0.25) is 0 Å². The van der Waals surface area contributed by atoms with Crippen molar-refractivity contribution in [2.24, 2.45) is 0 Å². The van der Waals surface area contributed by atoms with E-state index in [4.69, 9.17) is 66.3 Å². The molecule has 0 heterocycles. The van der Waals surface area contributed by atoms with Crippen LogP contribution in [0.25, 0.3) is 0 Å². The van der Waals surface area contributed by atoms with Gasteiger partial charge < -0.3 is 66.3 Å². The van der Waals surface area contributed by atoms with Crippen molar-refractivity contribution in [2.45, 2.75) is 26.4 Å².